The van der Waals surface area contributed by atoms with E-state index in [1.54, 1.807) is 0 Å². The van der Waals surface area contributed by atoms with E-state index in [9.17, 15) is 9.59 Å². The fourth-order valence-electron chi connectivity index (χ4n) is 2.96. The number of hydrazine groups is 1. The van der Waals surface area contributed by atoms with Gasteiger partial charge in [-0.25, -0.2) is 10.4 Å². The van der Waals surface area contributed by atoms with E-state index >= 15 is 0 Å². The van der Waals surface area contributed by atoms with E-state index in [1.165, 1.54) is 17.3 Å². The van der Waals surface area contributed by atoms with Crippen LogP contribution < -0.4 is 10.7 Å². The number of nitrogens with one attached hydrogen (secondary N) is 2. The summed E-state index contributed by atoms with van der Waals surface area (Å²) >= 11 is 4.88. The maximum Gasteiger partial charge on any atom is 0.230 e. The molecule has 0 aromatic heterocycles. The number of thioether (sulfide) groups is 1. The van der Waals surface area contributed by atoms with Crippen molar-refractivity contribution in [2.75, 3.05) is 18.8 Å². The van der Waals surface area contributed by atoms with Crippen molar-refractivity contribution in [3.05, 3.63) is 64.6 Å². The van der Waals surface area contributed by atoms with Gasteiger partial charge in [0, 0.05) is 22.5 Å². The Kier molecular flexibility index (Phi) is 7.46. The number of halogens is 1. The van der Waals surface area contributed by atoms with E-state index < -0.39 is 0 Å². The minimum absolute atomic E-state index is 0.0634. The van der Waals surface area contributed by atoms with Gasteiger partial charge in [-0.05, 0) is 36.2 Å². The molecule has 1 aliphatic rings. The first-order chi connectivity index (χ1) is 13.1. The van der Waals surface area contributed by atoms with Crippen LogP contribution in [0.25, 0.3) is 0 Å². The van der Waals surface area contributed by atoms with Gasteiger partial charge in [-0.3, -0.25) is 4.79 Å². The highest BCUT2D eigenvalue weighted by atomic mass is 79.9. The van der Waals surface area contributed by atoms with Gasteiger partial charge >= 0.3 is 0 Å². The molecule has 142 valence electrons. The molecule has 1 heterocycles. The van der Waals surface area contributed by atoms with E-state index in [0.717, 1.165) is 28.6 Å². The van der Waals surface area contributed by atoms with Gasteiger partial charge in [0.1, 0.15) is 6.29 Å². The number of hydrogen-bond donors (Lipinski definition) is 2. The molecule has 1 amide bonds. The van der Waals surface area contributed by atoms with E-state index in [0.29, 0.717) is 12.3 Å². The number of hydrogen-bond acceptors (Lipinski definition) is 5. The number of aldehydes is 1. The maximum absolute atomic E-state index is 12.3. The Hall–Kier alpha value is -1.67. The average molecular weight is 448 g/mol. The largest absolute Gasteiger partial charge is 0.349 e. The fraction of sp³-hybridized carbons (Fsp3) is 0.300. The van der Waals surface area contributed by atoms with Crippen molar-refractivity contribution >= 4 is 39.9 Å². The third kappa shape index (κ3) is 6.17. The van der Waals surface area contributed by atoms with E-state index in [1.807, 2.05) is 47.5 Å². The smallest absolute Gasteiger partial charge is 0.230 e. The number of amides is 1. The van der Waals surface area contributed by atoms with Crippen LogP contribution in [0, 0.1) is 0 Å². The van der Waals surface area contributed by atoms with Crippen LogP contribution in [0.5, 0.6) is 0 Å². The minimum Gasteiger partial charge on any atom is -0.349 e. The molecule has 2 aromatic carbocycles. The first-order valence-corrected chi connectivity index (χ1v) is 10.6. The van der Waals surface area contributed by atoms with E-state index in [2.05, 4.69) is 38.8 Å². The number of benzene rings is 2. The third-order valence-corrected chi connectivity index (χ3v) is 5.91. The van der Waals surface area contributed by atoms with Gasteiger partial charge in [0.05, 0.1) is 17.8 Å². The predicted octanol–water partition coefficient (Wildman–Crippen LogP) is 2.66. The van der Waals surface area contributed by atoms with Crippen molar-refractivity contribution in [1.82, 2.24) is 15.8 Å². The first-order valence-electron chi connectivity index (χ1n) is 8.82. The molecule has 0 aliphatic carbocycles. The van der Waals surface area contributed by atoms with Crippen molar-refractivity contribution in [3.8, 4) is 0 Å². The zero-order valence-electron chi connectivity index (χ0n) is 14.8. The third-order valence-electron chi connectivity index (χ3n) is 4.37. The van der Waals surface area contributed by atoms with Crippen LogP contribution in [0.2, 0.25) is 0 Å². The zero-order valence-corrected chi connectivity index (χ0v) is 17.2. The van der Waals surface area contributed by atoms with Crippen LogP contribution in [-0.2, 0) is 16.0 Å². The Bertz CT molecular complexity index is 758. The Morgan fingerprint density at radius 3 is 2.67 bits per heavy atom. The summed E-state index contributed by atoms with van der Waals surface area (Å²) in [6.45, 7) is 1.40. The molecule has 0 spiro atoms. The van der Waals surface area contributed by atoms with Crippen molar-refractivity contribution in [2.24, 2.45) is 0 Å². The fourth-order valence-corrected chi connectivity index (χ4v) is 3.93. The van der Waals surface area contributed by atoms with Crippen LogP contribution in [-0.4, -0.2) is 48.1 Å². The highest BCUT2D eigenvalue weighted by molar-refractivity contribution is 9.10. The maximum atomic E-state index is 12.3. The van der Waals surface area contributed by atoms with Gasteiger partial charge in [-0.15, -0.1) is 11.8 Å². The van der Waals surface area contributed by atoms with Gasteiger partial charge in [-0.2, -0.15) is 0 Å². The van der Waals surface area contributed by atoms with Gasteiger partial charge in [0.15, 0.2) is 0 Å². The van der Waals surface area contributed by atoms with Crippen molar-refractivity contribution < 1.29 is 9.59 Å². The van der Waals surface area contributed by atoms with Gasteiger partial charge in [-0.1, -0.05) is 46.3 Å². The molecule has 3 rings (SSSR count). The predicted molar refractivity (Wildman–Crippen MR) is 112 cm³/mol. The number of carbonyl (C=O) groups excluding carboxylic acids is 2. The normalized spacial score (nSPS) is 19.7. The second-order valence-electron chi connectivity index (χ2n) is 6.39. The molecule has 2 atom stereocenters. The lowest BCUT2D eigenvalue weighted by molar-refractivity contribution is -0.119. The molecule has 0 bridgehead atoms. The molecule has 1 fully saturated rings. The minimum atomic E-state index is -0.387. The molecule has 5 nitrogen and oxygen atoms in total. The van der Waals surface area contributed by atoms with Crippen molar-refractivity contribution in [1.29, 1.82) is 0 Å². The number of rotatable bonds is 8. The van der Waals surface area contributed by atoms with Gasteiger partial charge in [0.25, 0.3) is 0 Å². The Morgan fingerprint density at radius 2 is 1.96 bits per heavy atom. The Labute approximate surface area is 172 Å². The van der Waals surface area contributed by atoms with Crippen LogP contribution in [0.15, 0.2) is 64.0 Å². The summed E-state index contributed by atoms with van der Waals surface area (Å²) in [6.07, 6.45) is 1.76. The number of nitrogens with zero attached hydrogens (tertiary/aromatic N) is 1. The standard InChI is InChI=1S/C20H22BrN3O2S/c21-16-6-8-17(9-7-16)27-14-20(26)22-18-12-24(23-19(18)13-25)11-10-15-4-2-1-3-5-15/h1-9,13,18-19,23H,10-12,14H2,(H,22,26). The molecule has 0 saturated carbocycles. The van der Waals surface area contributed by atoms with E-state index in [4.69, 9.17) is 0 Å². The summed E-state index contributed by atoms with van der Waals surface area (Å²) in [4.78, 5) is 24.7. The molecule has 2 unspecified atom stereocenters. The molecule has 2 aromatic rings. The molecule has 2 N–H and O–H groups in total. The second-order valence-corrected chi connectivity index (χ2v) is 8.35. The Morgan fingerprint density at radius 1 is 1.22 bits per heavy atom. The summed E-state index contributed by atoms with van der Waals surface area (Å²) in [6, 6.07) is 17.5. The van der Waals surface area contributed by atoms with Crippen LogP contribution in [0.1, 0.15) is 5.56 Å². The lowest BCUT2D eigenvalue weighted by Gasteiger charge is -2.15. The first kappa shape index (κ1) is 20.1. The summed E-state index contributed by atoms with van der Waals surface area (Å²) in [5.74, 6) is 0.264. The molecule has 0 radical (unpaired) electrons. The summed E-state index contributed by atoms with van der Waals surface area (Å²) in [5.41, 5.74) is 4.44. The Balaban J connectivity index is 1.46. The van der Waals surface area contributed by atoms with Crippen molar-refractivity contribution in [2.45, 2.75) is 23.4 Å². The SMILES string of the molecule is O=CC1NN(CCc2ccccc2)CC1NC(=O)CSc1ccc(Br)cc1. The monoisotopic (exact) mass is 447 g/mol. The topological polar surface area (TPSA) is 61.4 Å². The highest BCUT2D eigenvalue weighted by Crippen LogP contribution is 2.20. The lowest BCUT2D eigenvalue weighted by atomic mass is 10.1. The summed E-state index contributed by atoms with van der Waals surface area (Å²) in [5, 5.41) is 5.00. The molecule has 1 saturated heterocycles. The lowest BCUT2D eigenvalue weighted by Crippen LogP contribution is -2.46. The van der Waals surface area contributed by atoms with E-state index in [-0.39, 0.29) is 18.0 Å². The molecule has 7 heteroatoms. The van der Waals surface area contributed by atoms with Crippen LogP contribution in [0.3, 0.4) is 0 Å². The van der Waals surface area contributed by atoms with Crippen LogP contribution in [0.4, 0.5) is 0 Å². The zero-order chi connectivity index (χ0) is 19.1. The van der Waals surface area contributed by atoms with Crippen LogP contribution >= 0.6 is 27.7 Å². The summed E-state index contributed by atoms with van der Waals surface area (Å²) < 4.78 is 1.01. The highest BCUT2D eigenvalue weighted by Gasteiger charge is 2.32. The molecule has 1 aliphatic heterocycles. The molecule has 27 heavy (non-hydrogen) atoms. The van der Waals surface area contributed by atoms with Crippen molar-refractivity contribution in [3.63, 3.8) is 0 Å². The summed E-state index contributed by atoms with van der Waals surface area (Å²) in [7, 11) is 0. The number of carbonyl (C=O) groups is 2. The quantitative estimate of drug-likeness (QED) is 0.481. The van der Waals surface area contributed by atoms with Gasteiger partial charge < -0.3 is 10.1 Å². The average Bonchev–Trinajstić information content (AvgIpc) is 3.08. The molecular weight excluding hydrogens is 426 g/mol. The second kappa shape index (κ2) is 10.0. The molecular formula is C20H22BrN3O2S. The van der Waals surface area contributed by atoms with Gasteiger partial charge in [0.2, 0.25) is 5.91 Å².